The van der Waals surface area contributed by atoms with E-state index >= 15 is 0 Å². The third-order valence-corrected chi connectivity index (χ3v) is 1.95. The van der Waals surface area contributed by atoms with Crippen molar-refractivity contribution in [3.63, 3.8) is 0 Å². The second-order valence-electron chi connectivity index (χ2n) is 1.40. The third kappa shape index (κ3) is 1.39. The fourth-order valence-electron chi connectivity index (χ4n) is 0.399. The van der Waals surface area contributed by atoms with E-state index in [1.54, 1.807) is 0 Å². The van der Waals surface area contributed by atoms with Crippen LogP contribution in [0.1, 0.15) is 0 Å². The molecule has 1 aliphatic heterocycles. The maximum absolute atomic E-state index is 10.3. The average molecular weight is 155 g/mol. The van der Waals surface area contributed by atoms with Gasteiger partial charge in [-0.1, -0.05) is 0 Å². The van der Waals surface area contributed by atoms with Crippen LogP contribution in [0.15, 0.2) is 0 Å². The zero-order chi connectivity index (χ0) is 5.98. The second kappa shape index (κ2) is 2.74. The van der Waals surface area contributed by atoms with Crippen molar-refractivity contribution in [1.82, 2.24) is 0 Å². The molecule has 3 nitrogen and oxygen atoms in total. The molecule has 1 heterocycles. The molecular weight excluding hydrogens is 150 g/mol. The van der Waals surface area contributed by atoms with Crippen LogP contribution >= 0.6 is 19.9 Å². The summed E-state index contributed by atoms with van der Waals surface area (Å²) in [6, 6.07) is 0. The second-order valence-corrected chi connectivity index (χ2v) is 2.63. The van der Waals surface area contributed by atoms with Crippen molar-refractivity contribution >= 4 is 19.9 Å². The molecule has 2 atom stereocenters. The van der Waals surface area contributed by atoms with Crippen LogP contribution in [0.5, 0.6) is 0 Å². The molecule has 0 aliphatic carbocycles. The molecular formula is C3H5ClO3P. The molecule has 0 aromatic carbocycles. The van der Waals surface area contributed by atoms with Crippen molar-refractivity contribution in [2.45, 2.75) is 6.10 Å². The molecule has 0 N–H and O–H groups in total. The van der Waals surface area contributed by atoms with Gasteiger partial charge in [0.2, 0.25) is 0 Å². The molecule has 0 amide bonds. The summed E-state index contributed by atoms with van der Waals surface area (Å²) in [5.41, 5.74) is 0. The summed E-state index contributed by atoms with van der Waals surface area (Å²) in [6.07, 6.45) is -0.166. The Morgan fingerprint density at radius 3 is 2.88 bits per heavy atom. The molecule has 1 aliphatic rings. The first-order valence-electron chi connectivity index (χ1n) is 2.16. The molecule has 0 bridgehead atoms. The van der Waals surface area contributed by atoms with Crippen molar-refractivity contribution in [3.05, 3.63) is 0 Å². The number of alkyl halides is 1. The Labute approximate surface area is 52.9 Å². The molecule has 1 rings (SSSR count). The van der Waals surface area contributed by atoms with Gasteiger partial charge < -0.3 is 0 Å². The predicted molar refractivity (Wildman–Crippen MR) is 29.2 cm³/mol. The van der Waals surface area contributed by atoms with Gasteiger partial charge in [0, 0.05) is 0 Å². The molecule has 0 aromatic rings. The van der Waals surface area contributed by atoms with Gasteiger partial charge in [0.05, 0.1) is 12.5 Å². The number of hydrogen-bond acceptors (Lipinski definition) is 3. The Bertz CT molecular complexity index is 107. The smallest absolute Gasteiger partial charge is 0.280 e. The van der Waals surface area contributed by atoms with Crippen molar-refractivity contribution in [3.8, 4) is 0 Å². The number of halogens is 1. The van der Waals surface area contributed by atoms with E-state index in [4.69, 9.17) is 11.6 Å². The molecule has 1 radical (unpaired) electrons. The van der Waals surface area contributed by atoms with Gasteiger partial charge in [0.1, 0.15) is 6.10 Å². The Kier molecular flexibility index (Phi) is 2.20. The van der Waals surface area contributed by atoms with Crippen molar-refractivity contribution in [2.75, 3.05) is 12.5 Å². The standard InChI is InChI=1S/C3H5ClO3P/c4-1-3-2-6-8(5)7-3/h3H,1-2H2. The summed E-state index contributed by atoms with van der Waals surface area (Å²) in [4.78, 5) is 0. The quantitative estimate of drug-likeness (QED) is 0.423. The van der Waals surface area contributed by atoms with Gasteiger partial charge >= 0.3 is 8.25 Å². The molecule has 2 unspecified atom stereocenters. The molecule has 1 fully saturated rings. The van der Waals surface area contributed by atoms with Crippen molar-refractivity contribution in [2.24, 2.45) is 0 Å². The average Bonchev–Trinajstić information content (AvgIpc) is 2.14. The largest absolute Gasteiger partial charge is 0.369 e. The van der Waals surface area contributed by atoms with Crippen LogP contribution in [-0.2, 0) is 13.6 Å². The molecule has 8 heavy (non-hydrogen) atoms. The molecule has 0 aromatic heterocycles. The maximum atomic E-state index is 10.3. The van der Waals surface area contributed by atoms with Crippen LogP contribution in [0.25, 0.3) is 0 Å². The van der Waals surface area contributed by atoms with E-state index in [0.717, 1.165) is 0 Å². The van der Waals surface area contributed by atoms with Gasteiger partial charge in [-0.2, -0.15) is 0 Å². The Hall–Kier alpha value is 0.310. The highest BCUT2D eigenvalue weighted by atomic mass is 35.5. The zero-order valence-corrected chi connectivity index (χ0v) is 5.69. The summed E-state index contributed by atoms with van der Waals surface area (Å²) < 4.78 is 19.5. The van der Waals surface area contributed by atoms with E-state index in [1.807, 2.05) is 0 Å². The lowest BCUT2D eigenvalue weighted by Gasteiger charge is -1.94. The Morgan fingerprint density at radius 2 is 2.62 bits per heavy atom. The fraction of sp³-hybridized carbons (Fsp3) is 1.00. The third-order valence-electron chi connectivity index (χ3n) is 0.773. The summed E-state index contributed by atoms with van der Waals surface area (Å²) in [5, 5.41) is 0. The predicted octanol–water partition coefficient (Wildman–Crippen LogP) is 1.30. The summed E-state index contributed by atoms with van der Waals surface area (Å²) >= 11 is 5.34. The van der Waals surface area contributed by atoms with Crippen LogP contribution in [0.4, 0.5) is 0 Å². The summed E-state index contributed by atoms with van der Waals surface area (Å²) in [7, 11) is -1.84. The minimum Gasteiger partial charge on any atom is -0.280 e. The van der Waals surface area contributed by atoms with E-state index in [9.17, 15) is 4.57 Å². The minimum absolute atomic E-state index is 0.166. The van der Waals surface area contributed by atoms with Gasteiger partial charge in [-0.05, 0) is 0 Å². The number of rotatable bonds is 1. The van der Waals surface area contributed by atoms with E-state index in [0.29, 0.717) is 12.5 Å². The molecule has 47 valence electrons. The lowest BCUT2D eigenvalue weighted by Crippen LogP contribution is -2.09. The van der Waals surface area contributed by atoms with Crippen LogP contribution < -0.4 is 0 Å². The van der Waals surface area contributed by atoms with E-state index in [2.05, 4.69) is 9.05 Å². The lowest BCUT2D eigenvalue weighted by atomic mass is 10.5. The molecule has 5 heteroatoms. The summed E-state index contributed by atoms with van der Waals surface area (Å²) in [6.45, 7) is 0.360. The molecule has 0 spiro atoms. The van der Waals surface area contributed by atoms with Gasteiger partial charge in [-0.3, -0.25) is 9.05 Å². The first kappa shape index (κ1) is 6.43. The number of hydrogen-bond donors (Lipinski definition) is 0. The first-order valence-corrected chi connectivity index (χ1v) is 3.79. The van der Waals surface area contributed by atoms with Crippen molar-refractivity contribution < 1.29 is 13.6 Å². The van der Waals surface area contributed by atoms with Crippen LogP contribution in [0.3, 0.4) is 0 Å². The van der Waals surface area contributed by atoms with E-state index < -0.39 is 8.25 Å². The SMILES string of the molecule is O=[P]1OCC(CCl)O1. The van der Waals surface area contributed by atoms with Crippen LogP contribution in [-0.4, -0.2) is 18.6 Å². The monoisotopic (exact) mass is 155 g/mol. The lowest BCUT2D eigenvalue weighted by molar-refractivity contribution is 0.263. The highest BCUT2D eigenvalue weighted by Crippen LogP contribution is 2.33. The van der Waals surface area contributed by atoms with Crippen LogP contribution in [0.2, 0.25) is 0 Å². The normalized spacial score (nSPS) is 33.6. The van der Waals surface area contributed by atoms with Crippen molar-refractivity contribution in [1.29, 1.82) is 0 Å². The van der Waals surface area contributed by atoms with E-state index in [1.165, 1.54) is 0 Å². The Balaban J connectivity index is 2.32. The van der Waals surface area contributed by atoms with Gasteiger partial charge in [-0.25, -0.2) is 4.57 Å². The summed E-state index contributed by atoms with van der Waals surface area (Å²) in [5.74, 6) is 0.348. The van der Waals surface area contributed by atoms with Gasteiger partial charge in [-0.15, -0.1) is 11.6 Å². The molecule has 1 saturated heterocycles. The fourth-order valence-corrected chi connectivity index (χ4v) is 1.37. The molecule has 0 saturated carbocycles. The highest BCUT2D eigenvalue weighted by molar-refractivity contribution is 7.33. The van der Waals surface area contributed by atoms with Gasteiger partial charge in [0.25, 0.3) is 0 Å². The van der Waals surface area contributed by atoms with E-state index in [-0.39, 0.29) is 6.10 Å². The van der Waals surface area contributed by atoms with Gasteiger partial charge in [0.15, 0.2) is 0 Å². The zero-order valence-electron chi connectivity index (χ0n) is 4.04. The Morgan fingerprint density at radius 1 is 1.88 bits per heavy atom. The first-order chi connectivity index (χ1) is 3.83. The maximum Gasteiger partial charge on any atom is 0.369 e. The minimum atomic E-state index is -1.84. The van der Waals surface area contributed by atoms with Crippen LogP contribution in [0, 0.1) is 0 Å². The topological polar surface area (TPSA) is 35.5 Å². The highest BCUT2D eigenvalue weighted by Gasteiger charge is 2.22.